The predicted molar refractivity (Wildman–Crippen MR) is 111 cm³/mol. The molecule has 156 valence electrons. The molecule has 3 rings (SSSR count). The molecule has 1 aliphatic rings. The van der Waals surface area contributed by atoms with Gasteiger partial charge in [-0.2, -0.15) is 4.31 Å². The van der Waals surface area contributed by atoms with Gasteiger partial charge in [0, 0.05) is 18.8 Å². The van der Waals surface area contributed by atoms with Crippen molar-refractivity contribution in [3.8, 4) is 5.75 Å². The summed E-state index contributed by atoms with van der Waals surface area (Å²) in [6.45, 7) is 1.43. The smallest absolute Gasteiger partial charge is 0.243 e. The lowest BCUT2D eigenvalue weighted by atomic mass is 10.3. The minimum absolute atomic E-state index is 0.00939. The topological polar surface area (TPSA) is 97.0 Å². The lowest BCUT2D eigenvalue weighted by Gasteiger charge is -2.26. The predicted octanol–water partition coefficient (Wildman–Crippen LogP) is 2.42. The number of nitrogens with one attached hydrogen (secondary N) is 2. The standard InChI is InChI=1S/C19H22ClN3O5S/c1-27-19-16(20)3-2-4-17(19)21-13-18(24)22-14-5-7-15(8-6-14)29(25,26)23-9-11-28-12-10-23/h2-8,21H,9-13H2,1H3,(H,22,24). The van der Waals surface area contributed by atoms with Crippen molar-refractivity contribution in [2.75, 3.05) is 50.6 Å². The summed E-state index contributed by atoms with van der Waals surface area (Å²) in [4.78, 5) is 12.4. The maximum atomic E-state index is 12.6. The average molecular weight is 440 g/mol. The van der Waals surface area contributed by atoms with Gasteiger partial charge in [-0.15, -0.1) is 0 Å². The van der Waals surface area contributed by atoms with Crippen LogP contribution in [0.5, 0.6) is 5.75 Å². The molecule has 1 heterocycles. The zero-order valence-electron chi connectivity index (χ0n) is 15.9. The van der Waals surface area contributed by atoms with E-state index in [-0.39, 0.29) is 17.3 Å². The van der Waals surface area contributed by atoms with E-state index in [9.17, 15) is 13.2 Å². The van der Waals surface area contributed by atoms with Crippen molar-refractivity contribution in [3.63, 3.8) is 0 Å². The third kappa shape index (κ3) is 5.18. The van der Waals surface area contributed by atoms with Crippen LogP contribution in [0, 0.1) is 0 Å². The number of carbonyl (C=O) groups is 1. The molecular weight excluding hydrogens is 418 g/mol. The normalized spacial score (nSPS) is 15.0. The number of rotatable bonds is 7. The lowest BCUT2D eigenvalue weighted by Crippen LogP contribution is -2.40. The summed E-state index contributed by atoms with van der Waals surface area (Å²) >= 11 is 6.06. The number of anilines is 2. The van der Waals surface area contributed by atoms with E-state index in [4.69, 9.17) is 21.1 Å². The first-order chi connectivity index (χ1) is 13.9. The summed E-state index contributed by atoms with van der Waals surface area (Å²) in [5, 5.41) is 6.13. The number of hydrogen-bond donors (Lipinski definition) is 2. The van der Waals surface area contributed by atoms with Gasteiger partial charge in [0.2, 0.25) is 15.9 Å². The molecule has 2 aromatic carbocycles. The lowest BCUT2D eigenvalue weighted by molar-refractivity contribution is -0.114. The van der Waals surface area contributed by atoms with Gasteiger partial charge in [-0.05, 0) is 36.4 Å². The number of hydrogen-bond acceptors (Lipinski definition) is 6. The third-order valence-electron chi connectivity index (χ3n) is 4.36. The first-order valence-corrected chi connectivity index (χ1v) is 10.8. The third-order valence-corrected chi connectivity index (χ3v) is 6.57. The quantitative estimate of drug-likeness (QED) is 0.687. The van der Waals surface area contributed by atoms with Gasteiger partial charge in [0.05, 0.1) is 42.5 Å². The fraction of sp³-hybridized carbons (Fsp3) is 0.316. The summed E-state index contributed by atoms with van der Waals surface area (Å²) < 4.78 is 37.1. The maximum absolute atomic E-state index is 12.6. The second kappa shape index (κ2) is 9.45. The molecule has 0 spiro atoms. The van der Waals surface area contributed by atoms with E-state index >= 15 is 0 Å². The van der Waals surface area contributed by atoms with E-state index in [0.717, 1.165) is 0 Å². The summed E-state index contributed by atoms with van der Waals surface area (Å²) in [5.74, 6) is 0.162. The van der Waals surface area contributed by atoms with Gasteiger partial charge >= 0.3 is 0 Å². The van der Waals surface area contributed by atoms with Crippen LogP contribution >= 0.6 is 11.6 Å². The van der Waals surface area contributed by atoms with E-state index in [1.165, 1.54) is 23.5 Å². The Balaban J connectivity index is 1.59. The van der Waals surface area contributed by atoms with E-state index < -0.39 is 10.0 Å². The number of halogens is 1. The number of sulfonamides is 1. The summed E-state index contributed by atoms with van der Waals surface area (Å²) in [5.41, 5.74) is 1.10. The Labute approximate surface area is 174 Å². The highest BCUT2D eigenvalue weighted by molar-refractivity contribution is 7.89. The molecule has 1 amide bonds. The Bertz CT molecular complexity index is 960. The van der Waals surface area contributed by atoms with E-state index in [2.05, 4.69) is 10.6 Å². The number of benzene rings is 2. The molecule has 1 saturated heterocycles. The number of carbonyl (C=O) groups excluding carboxylic acids is 1. The number of nitrogens with zero attached hydrogens (tertiary/aromatic N) is 1. The van der Waals surface area contributed by atoms with Gasteiger partial charge in [0.25, 0.3) is 0 Å². The molecule has 0 unspecified atom stereocenters. The summed E-state index contributed by atoms with van der Waals surface area (Å²) in [7, 11) is -2.06. The highest BCUT2D eigenvalue weighted by Gasteiger charge is 2.26. The number of methoxy groups -OCH3 is 1. The fourth-order valence-electron chi connectivity index (χ4n) is 2.88. The van der Waals surface area contributed by atoms with Gasteiger partial charge in [0.1, 0.15) is 0 Å². The van der Waals surface area contributed by atoms with E-state index in [1.807, 2.05) is 0 Å². The second-order valence-electron chi connectivity index (χ2n) is 6.26. The molecule has 2 N–H and O–H groups in total. The number of amides is 1. The minimum Gasteiger partial charge on any atom is -0.493 e. The Morgan fingerprint density at radius 3 is 2.52 bits per heavy atom. The molecule has 0 bridgehead atoms. The van der Waals surface area contributed by atoms with Crippen LogP contribution in [-0.2, 0) is 19.6 Å². The monoisotopic (exact) mass is 439 g/mol. The molecule has 8 nitrogen and oxygen atoms in total. The number of ether oxygens (including phenoxy) is 2. The molecule has 10 heteroatoms. The summed E-state index contributed by atoms with van der Waals surface area (Å²) in [6.07, 6.45) is 0. The maximum Gasteiger partial charge on any atom is 0.243 e. The highest BCUT2D eigenvalue weighted by atomic mass is 35.5. The Morgan fingerprint density at radius 2 is 1.86 bits per heavy atom. The van der Waals surface area contributed by atoms with Crippen molar-refractivity contribution in [2.45, 2.75) is 4.90 Å². The molecule has 0 saturated carbocycles. The molecule has 2 aromatic rings. The largest absolute Gasteiger partial charge is 0.493 e. The molecular formula is C19H22ClN3O5S. The number of para-hydroxylation sites is 1. The van der Waals surface area contributed by atoms with Gasteiger partial charge in [-0.3, -0.25) is 4.79 Å². The van der Waals surface area contributed by atoms with Crippen molar-refractivity contribution in [3.05, 3.63) is 47.5 Å². The first-order valence-electron chi connectivity index (χ1n) is 8.96. The average Bonchev–Trinajstić information content (AvgIpc) is 2.73. The highest BCUT2D eigenvalue weighted by Crippen LogP contribution is 2.32. The van der Waals surface area contributed by atoms with Crippen LogP contribution in [0.1, 0.15) is 0 Å². The van der Waals surface area contributed by atoms with Crippen LogP contribution in [0.2, 0.25) is 5.02 Å². The Kier molecular flexibility index (Phi) is 6.96. The van der Waals surface area contributed by atoms with Gasteiger partial charge in [0.15, 0.2) is 5.75 Å². The van der Waals surface area contributed by atoms with Crippen molar-refractivity contribution < 1.29 is 22.7 Å². The van der Waals surface area contributed by atoms with E-state index in [1.54, 1.807) is 30.3 Å². The van der Waals surface area contributed by atoms with Crippen molar-refractivity contribution in [1.82, 2.24) is 4.31 Å². The van der Waals surface area contributed by atoms with Crippen LogP contribution in [0.15, 0.2) is 47.4 Å². The van der Waals surface area contributed by atoms with Crippen LogP contribution in [-0.4, -0.2) is 58.6 Å². The SMILES string of the molecule is COc1c(Cl)cccc1NCC(=O)Nc1ccc(S(=O)(=O)N2CCOCC2)cc1. The first kappa shape index (κ1) is 21.4. The van der Waals surface area contributed by atoms with Crippen LogP contribution < -0.4 is 15.4 Å². The second-order valence-corrected chi connectivity index (χ2v) is 8.61. The van der Waals surface area contributed by atoms with Gasteiger partial charge in [-0.25, -0.2) is 8.42 Å². The van der Waals surface area contributed by atoms with Crippen molar-refractivity contribution in [1.29, 1.82) is 0 Å². The molecule has 0 aliphatic carbocycles. The Morgan fingerprint density at radius 1 is 1.17 bits per heavy atom. The molecule has 29 heavy (non-hydrogen) atoms. The van der Waals surface area contributed by atoms with Crippen LogP contribution in [0.25, 0.3) is 0 Å². The van der Waals surface area contributed by atoms with Crippen molar-refractivity contribution >= 4 is 38.9 Å². The molecule has 0 radical (unpaired) electrons. The minimum atomic E-state index is -3.56. The fourth-order valence-corrected chi connectivity index (χ4v) is 4.54. The molecule has 1 aliphatic heterocycles. The van der Waals surface area contributed by atoms with Gasteiger partial charge in [-0.1, -0.05) is 17.7 Å². The van der Waals surface area contributed by atoms with E-state index in [0.29, 0.717) is 48.5 Å². The summed E-state index contributed by atoms with van der Waals surface area (Å²) in [6, 6.07) is 11.3. The number of morpholine rings is 1. The molecule has 1 fully saturated rings. The Hall–Kier alpha value is -2.33. The molecule has 0 atom stereocenters. The van der Waals surface area contributed by atoms with Crippen LogP contribution in [0.4, 0.5) is 11.4 Å². The zero-order chi connectivity index (χ0) is 20.9. The van der Waals surface area contributed by atoms with Crippen molar-refractivity contribution in [2.24, 2.45) is 0 Å². The van der Waals surface area contributed by atoms with Crippen LogP contribution in [0.3, 0.4) is 0 Å². The zero-order valence-corrected chi connectivity index (χ0v) is 17.4. The molecule has 0 aromatic heterocycles. The van der Waals surface area contributed by atoms with Gasteiger partial charge < -0.3 is 20.1 Å².